The van der Waals surface area contributed by atoms with Gasteiger partial charge >= 0.3 is 0 Å². The van der Waals surface area contributed by atoms with Crippen LogP contribution in [-0.4, -0.2) is 12.8 Å². The molecule has 2 nitrogen and oxygen atoms in total. The molecule has 0 radical (unpaired) electrons. The number of nitrogens with one attached hydrogen (secondary N) is 1. The lowest BCUT2D eigenvalue weighted by atomic mass is 10.0. The zero-order valence-corrected chi connectivity index (χ0v) is 9.41. The topological polar surface area (TPSA) is 29.1 Å². The van der Waals surface area contributed by atoms with E-state index in [0.717, 1.165) is 0 Å². The van der Waals surface area contributed by atoms with Gasteiger partial charge in [0.15, 0.2) is 5.78 Å². The lowest BCUT2D eigenvalue weighted by Gasteiger charge is -2.08. The first-order chi connectivity index (χ1) is 8.24. The summed E-state index contributed by atoms with van der Waals surface area (Å²) in [6.45, 7) is 0. The first-order valence-corrected chi connectivity index (χ1v) is 5.30. The third kappa shape index (κ3) is 2.18. The van der Waals surface area contributed by atoms with Gasteiger partial charge in [-0.1, -0.05) is 24.3 Å². The largest absolute Gasteiger partial charge is 0.388 e. The van der Waals surface area contributed by atoms with Crippen molar-refractivity contribution in [2.75, 3.05) is 12.4 Å². The van der Waals surface area contributed by atoms with E-state index in [1.54, 1.807) is 37.4 Å². The Labute approximate surface area is 99.1 Å². The summed E-state index contributed by atoms with van der Waals surface area (Å²) in [6, 6.07) is 13.0. The Morgan fingerprint density at radius 2 is 1.59 bits per heavy atom. The van der Waals surface area contributed by atoms with Gasteiger partial charge < -0.3 is 5.32 Å². The molecular weight excluding hydrogens is 217 g/mol. The molecule has 2 rings (SSSR count). The molecule has 0 saturated heterocycles. The summed E-state index contributed by atoms with van der Waals surface area (Å²) in [7, 11) is 1.73. The third-order valence-electron chi connectivity index (χ3n) is 2.56. The predicted octanol–water partition coefficient (Wildman–Crippen LogP) is 3.10. The monoisotopic (exact) mass is 229 g/mol. The fraction of sp³-hybridized carbons (Fsp3) is 0.0714. The molecule has 0 aliphatic heterocycles. The molecule has 0 spiro atoms. The number of hydrogen-bond donors (Lipinski definition) is 1. The molecule has 0 fully saturated rings. The Hall–Kier alpha value is -2.16. The molecular formula is C14H12FNO. The lowest BCUT2D eigenvalue weighted by molar-refractivity contribution is 0.103. The van der Waals surface area contributed by atoms with E-state index in [2.05, 4.69) is 5.32 Å². The molecule has 0 unspecified atom stereocenters. The van der Waals surface area contributed by atoms with E-state index in [0.29, 0.717) is 11.3 Å². The second kappa shape index (κ2) is 4.78. The van der Waals surface area contributed by atoms with Gasteiger partial charge in [-0.2, -0.15) is 0 Å². The number of hydrogen-bond acceptors (Lipinski definition) is 2. The highest BCUT2D eigenvalue weighted by molar-refractivity contribution is 6.12. The zero-order valence-electron chi connectivity index (χ0n) is 9.41. The van der Waals surface area contributed by atoms with Crippen LogP contribution in [-0.2, 0) is 0 Å². The number of carbonyl (C=O) groups is 1. The van der Waals surface area contributed by atoms with Gasteiger partial charge in [-0.25, -0.2) is 4.39 Å². The maximum absolute atomic E-state index is 13.5. The van der Waals surface area contributed by atoms with Gasteiger partial charge in [-0.15, -0.1) is 0 Å². The number of anilines is 1. The minimum absolute atomic E-state index is 0.0928. The third-order valence-corrected chi connectivity index (χ3v) is 2.56. The van der Waals surface area contributed by atoms with Crippen LogP contribution >= 0.6 is 0 Å². The molecule has 0 atom stereocenters. The second-order valence-electron chi connectivity index (χ2n) is 3.60. The van der Waals surface area contributed by atoms with E-state index in [9.17, 15) is 9.18 Å². The molecule has 0 saturated carbocycles. The Bertz CT molecular complexity index is 551. The van der Waals surface area contributed by atoms with Crippen molar-refractivity contribution in [2.24, 2.45) is 0 Å². The highest BCUT2D eigenvalue weighted by Gasteiger charge is 2.15. The summed E-state index contributed by atoms with van der Waals surface area (Å²) in [5.74, 6) is -0.809. The molecule has 3 heteroatoms. The van der Waals surface area contributed by atoms with Crippen LogP contribution in [0.25, 0.3) is 0 Å². The molecule has 0 bridgehead atoms. The molecule has 17 heavy (non-hydrogen) atoms. The fourth-order valence-corrected chi connectivity index (χ4v) is 1.69. The molecule has 0 amide bonds. The molecule has 1 N–H and O–H groups in total. The van der Waals surface area contributed by atoms with Crippen molar-refractivity contribution in [2.45, 2.75) is 0 Å². The summed E-state index contributed by atoms with van der Waals surface area (Å²) < 4.78 is 13.5. The summed E-state index contributed by atoms with van der Waals surface area (Å²) in [5.41, 5.74) is 1.26. The van der Waals surface area contributed by atoms with Crippen molar-refractivity contribution >= 4 is 11.5 Å². The lowest BCUT2D eigenvalue weighted by Crippen LogP contribution is -2.07. The quantitative estimate of drug-likeness (QED) is 0.819. The van der Waals surface area contributed by atoms with Crippen LogP contribution in [0.5, 0.6) is 0 Å². The maximum atomic E-state index is 13.5. The first kappa shape index (κ1) is 11.3. The van der Waals surface area contributed by atoms with Crippen LogP contribution in [0.15, 0.2) is 48.5 Å². The number of para-hydroxylation sites is 1. The van der Waals surface area contributed by atoms with E-state index >= 15 is 0 Å². The summed E-state index contributed by atoms with van der Waals surface area (Å²) in [4.78, 5) is 12.2. The van der Waals surface area contributed by atoms with Gasteiger partial charge in [0.2, 0.25) is 0 Å². The molecule has 0 aliphatic carbocycles. The Morgan fingerprint density at radius 3 is 2.24 bits per heavy atom. The maximum Gasteiger partial charge on any atom is 0.198 e. The summed E-state index contributed by atoms with van der Waals surface area (Å²) in [5, 5.41) is 2.92. The van der Waals surface area contributed by atoms with Crippen molar-refractivity contribution in [3.63, 3.8) is 0 Å². The van der Waals surface area contributed by atoms with Crippen molar-refractivity contribution in [3.05, 3.63) is 65.5 Å². The number of ketones is 1. The van der Waals surface area contributed by atoms with E-state index in [4.69, 9.17) is 0 Å². The van der Waals surface area contributed by atoms with Crippen LogP contribution in [0.4, 0.5) is 10.1 Å². The van der Waals surface area contributed by atoms with Gasteiger partial charge in [-0.05, 0) is 24.3 Å². The van der Waals surface area contributed by atoms with Gasteiger partial charge in [0.1, 0.15) is 5.82 Å². The Morgan fingerprint density at radius 1 is 1.00 bits per heavy atom. The van der Waals surface area contributed by atoms with Crippen LogP contribution in [0.2, 0.25) is 0 Å². The number of benzene rings is 2. The van der Waals surface area contributed by atoms with E-state index in [1.165, 1.54) is 12.1 Å². The number of carbonyl (C=O) groups excluding carboxylic acids is 1. The van der Waals surface area contributed by atoms with Gasteiger partial charge in [-0.3, -0.25) is 4.79 Å². The van der Waals surface area contributed by atoms with E-state index in [-0.39, 0.29) is 11.3 Å². The Balaban J connectivity index is 2.48. The number of rotatable bonds is 3. The zero-order chi connectivity index (χ0) is 12.3. The van der Waals surface area contributed by atoms with Crippen molar-refractivity contribution in [1.82, 2.24) is 0 Å². The van der Waals surface area contributed by atoms with Crippen molar-refractivity contribution < 1.29 is 9.18 Å². The second-order valence-corrected chi connectivity index (χ2v) is 3.60. The highest BCUT2D eigenvalue weighted by Crippen LogP contribution is 2.20. The fourth-order valence-electron chi connectivity index (χ4n) is 1.69. The van der Waals surface area contributed by atoms with E-state index < -0.39 is 5.82 Å². The molecule has 0 heterocycles. The number of halogens is 1. The SMILES string of the molecule is CNc1ccccc1C(=O)c1ccccc1F. The van der Waals surface area contributed by atoms with Gasteiger partial charge in [0.25, 0.3) is 0 Å². The van der Waals surface area contributed by atoms with Crippen LogP contribution in [0, 0.1) is 5.82 Å². The molecule has 0 aromatic heterocycles. The first-order valence-electron chi connectivity index (χ1n) is 5.30. The molecule has 86 valence electrons. The van der Waals surface area contributed by atoms with Crippen LogP contribution in [0.1, 0.15) is 15.9 Å². The Kier molecular flexibility index (Phi) is 3.19. The summed E-state index contributed by atoms with van der Waals surface area (Å²) in [6.07, 6.45) is 0. The summed E-state index contributed by atoms with van der Waals surface area (Å²) >= 11 is 0. The minimum Gasteiger partial charge on any atom is -0.388 e. The molecule has 0 aliphatic rings. The average Bonchev–Trinajstić information content (AvgIpc) is 2.38. The smallest absolute Gasteiger partial charge is 0.198 e. The van der Waals surface area contributed by atoms with E-state index in [1.807, 2.05) is 6.07 Å². The molecule has 2 aromatic rings. The average molecular weight is 229 g/mol. The van der Waals surface area contributed by atoms with Gasteiger partial charge in [0, 0.05) is 18.3 Å². The normalized spacial score (nSPS) is 10.0. The van der Waals surface area contributed by atoms with Crippen LogP contribution in [0.3, 0.4) is 0 Å². The van der Waals surface area contributed by atoms with Crippen molar-refractivity contribution in [1.29, 1.82) is 0 Å². The van der Waals surface area contributed by atoms with Gasteiger partial charge in [0.05, 0.1) is 5.56 Å². The molecule has 2 aromatic carbocycles. The van der Waals surface area contributed by atoms with Crippen LogP contribution < -0.4 is 5.32 Å². The predicted molar refractivity (Wildman–Crippen MR) is 65.8 cm³/mol. The standard InChI is InChI=1S/C14H12FNO/c1-16-13-9-5-3-7-11(13)14(17)10-6-2-4-8-12(10)15/h2-9,16H,1H3. The highest BCUT2D eigenvalue weighted by atomic mass is 19.1. The minimum atomic E-state index is -0.497. The van der Waals surface area contributed by atoms with Crippen molar-refractivity contribution in [3.8, 4) is 0 Å².